The number of ether oxygens (including phenoxy) is 1. The Labute approximate surface area is 156 Å². The van der Waals surface area contributed by atoms with Crippen molar-refractivity contribution in [3.05, 3.63) is 53.0 Å². The molecule has 0 saturated carbocycles. The van der Waals surface area contributed by atoms with Crippen LogP contribution in [-0.4, -0.2) is 37.3 Å². The zero-order valence-electron chi connectivity index (χ0n) is 15.4. The van der Waals surface area contributed by atoms with Crippen molar-refractivity contribution in [1.82, 2.24) is 24.8 Å². The molecule has 1 amide bonds. The van der Waals surface area contributed by atoms with Crippen LogP contribution in [0.5, 0.6) is 0 Å². The predicted molar refractivity (Wildman–Crippen MR) is 96.2 cm³/mol. The van der Waals surface area contributed by atoms with E-state index in [-0.39, 0.29) is 12.5 Å². The quantitative estimate of drug-likeness (QED) is 0.663. The molecule has 27 heavy (non-hydrogen) atoms. The van der Waals surface area contributed by atoms with Gasteiger partial charge in [0.1, 0.15) is 6.61 Å². The highest BCUT2D eigenvalue weighted by molar-refractivity contribution is 5.78. The maximum Gasteiger partial charge on any atom is 0.278 e. The molecule has 4 rings (SSSR count). The summed E-state index contributed by atoms with van der Waals surface area (Å²) in [4.78, 5) is 18.7. The van der Waals surface area contributed by atoms with Gasteiger partial charge in [-0.3, -0.25) is 9.48 Å². The third-order valence-corrected chi connectivity index (χ3v) is 4.64. The summed E-state index contributed by atoms with van der Waals surface area (Å²) in [7, 11) is 1.86. The normalized spacial score (nSPS) is 13.2. The lowest BCUT2D eigenvalue weighted by Crippen LogP contribution is -2.29. The molecular formula is C19H21N5O3. The first-order chi connectivity index (χ1) is 13.2. The maximum absolute atomic E-state index is 12.5. The van der Waals surface area contributed by atoms with E-state index in [4.69, 9.17) is 9.26 Å². The Bertz CT molecular complexity index is 948. The van der Waals surface area contributed by atoms with Crippen LogP contribution in [0.2, 0.25) is 0 Å². The van der Waals surface area contributed by atoms with Gasteiger partial charge in [0.15, 0.2) is 11.5 Å². The Morgan fingerprint density at radius 1 is 1.26 bits per heavy atom. The topological polar surface area (TPSA) is 86.3 Å². The first-order valence-electron chi connectivity index (χ1n) is 8.93. The monoisotopic (exact) mass is 367 g/mol. The van der Waals surface area contributed by atoms with Gasteiger partial charge >= 0.3 is 0 Å². The summed E-state index contributed by atoms with van der Waals surface area (Å²) in [5.41, 5.74) is 3.64. The lowest BCUT2D eigenvalue weighted by Gasteiger charge is -2.16. The van der Waals surface area contributed by atoms with Crippen LogP contribution in [0.25, 0.3) is 11.6 Å². The SMILES string of the molecule is CCc1noc(-c2nn(C)c3c2CN(C(=O)COCc2ccccc2)C3)n1. The molecule has 1 aliphatic rings. The molecule has 1 aliphatic heterocycles. The van der Waals surface area contributed by atoms with E-state index in [1.54, 1.807) is 9.58 Å². The van der Waals surface area contributed by atoms with Gasteiger partial charge in [-0.15, -0.1) is 0 Å². The zero-order chi connectivity index (χ0) is 18.8. The predicted octanol–water partition coefficient (Wildman–Crippen LogP) is 2.09. The zero-order valence-corrected chi connectivity index (χ0v) is 15.4. The molecule has 0 unspecified atom stereocenters. The number of rotatable bonds is 6. The Morgan fingerprint density at radius 3 is 2.81 bits per heavy atom. The van der Waals surface area contributed by atoms with Crippen molar-refractivity contribution in [2.45, 2.75) is 33.0 Å². The van der Waals surface area contributed by atoms with Gasteiger partial charge < -0.3 is 14.2 Å². The number of hydrogen-bond donors (Lipinski definition) is 0. The Kier molecular flexibility index (Phi) is 4.72. The molecule has 0 atom stereocenters. The molecule has 1 aromatic carbocycles. The number of nitrogens with zero attached hydrogens (tertiary/aromatic N) is 5. The van der Waals surface area contributed by atoms with Crippen molar-refractivity contribution in [3.8, 4) is 11.6 Å². The highest BCUT2D eigenvalue weighted by atomic mass is 16.5. The Balaban J connectivity index is 1.41. The molecule has 8 nitrogen and oxygen atoms in total. The second-order valence-corrected chi connectivity index (χ2v) is 6.49. The fourth-order valence-electron chi connectivity index (χ4n) is 3.16. The van der Waals surface area contributed by atoms with Crippen LogP contribution in [-0.2, 0) is 42.7 Å². The van der Waals surface area contributed by atoms with Crippen molar-refractivity contribution in [2.75, 3.05) is 6.61 Å². The molecule has 0 bridgehead atoms. The van der Waals surface area contributed by atoms with E-state index < -0.39 is 0 Å². The van der Waals surface area contributed by atoms with Crippen molar-refractivity contribution < 1.29 is 14.1 Å². The van der Waals surface area contributed by atoms with E-state index in [0.717, 1.165) is 16.8 Å². The molecule has 3 aromatic rings. The Hall–Kier alpha value is -3.00. The second kappa shape index (κ2) is 7.32. The van der Waals surface area contributed by atoms with Gasteiger partial charge in [-0.1, -0.05) is 42.4 Å². The molecule has 0 spiro atoms. The fourth-order valence-corrected chi connectivity index (χ4v) is 3.16. The molecule has 3 heterocycles. The number of benzene rings is 1. The molecule has 8 heteroatoms. The fraction of sp³-hybridized carbons (Fsp3) is 0.368. The third-order valence-electron chi connectivity index (χ3n) is 4.64. The number of hydrogen-bond acceptors (Lipinski definition) is 6. The summed E-state index contributed by atoms with van der Waals surface area (Å²) < 4.78 is 12.7. The molecule has 0 radical (unpaired) electrons. The van der Waals surface area contributed by atoms with Crippen molar-refractivity contribution in [1.29, 1.82) is 0 Å². The summed E-state index contributed by atoms with van der Waals surface area (Å²) >= 11 is 0. The maximum atomic E-state index is 12.5. The van der Waals surface area contributed by atoms with E-state index in [1.807, 2.05) is 44.3 Å². The lowest BCUT2D eigenvalue weighted by atomic mass is 10.2. The molecule has 140 valence electrons. The van der Waals surface area contributed by atoms with Gasteiger partial charge in [-0.25, -0.2) is 0 Å². The second-order valence-electron chi connectivity index (χ2n) is 6.49. The van der Waals surface area contributed by atoms with Crippen molar-refractivity contribution in [2.24, 2.45) is 7.05 Å². The van der Waals surface area contributed by atoms with Gasteiger partial charge in [0.05, 0.1) is 25.4 Å². The summed E-state index contributed by atoms with van der Waals surface area (Å²) in [5, 5.41) is 8.43. The van der Waals surface area contributed by atoms with Crippen LogP contribution < -0.4 is 0 Å². The van der Waals surface area contributed by atoms with Crippen LogP contribution in [0.4, 0.5) is 0 Å². The van der Waals surface area contributed by atoms with Gasteiger partial charge in [0.2, 0.25) is 5.91 Å². The van der Waals surface area contributed by atoms with Gasteiger partial charge in [-0.05, 0) is 5.56 Å². The minimum absolute atomic E-state index is 0.0478. The first-order valence-corrected chi connectivity index (χ1v) is 8.93. The first kappa shape index (κ1) is 17.4. The van der Waals surface area contributed by atoms with Crippen molar-refractivity contribution in [3.63, 3.8) is 0 Å². The van der Waals surface area contributed by atoms with Crippen molar-refractivity contribution >= 4 is 5.91 Å². The molecule has 0 N–H and O–H groups in total. The number of carbonyl (C=O) groups is 1. The molecule has 2 aromatic heterocycles. The summed E-state index contributed by atoms with van der Waals surface area (Å²) in [6, 6.07) is 9.81. The highest BCUT2D eigenvalue weighted by Crippen LogP contribution is 2.31. The Morgan fingerprint density at radius 2 is 2.07 bits per heavy atom. The van der Waals surface area contributed by atoms with Gasteiger partial charge in [0.25, 0.3) is 5.89 Å². The third kappa shape index (κ3) is 3.48. The number of carbonyl (C=O) groups excluding carboxylic acids is 1. The summed E-state index contributed by atoms with van der Waals surface area (Å²) in [6.45, 7) is 3.40. The van der Waals surface area contributed by atoms with E-state index in [1.165, 1.54) is 0 Å². The van der Waals surface area contributed by atoms with Crippen LogP contribution >= 0.6 is 0 Å². The number of amides is 1. The highest BCUT2D eigenvalue weighted by Gasteiger charge is 2.32. The number of fused-ring (bicyclic) bond motifs is 1. The van der Waals surface area contributed by atoms with E-state index in [0.29, 0.717) is 43.5 Å². The van der Waals surface area contributed by atoms with Gasteiger partial charge in [0, 0.05) is 19.0 Å². The minimum atomic E-state index is -0.0483. The van der Waals surface area contributed by atoms with Gasteiger partial charge in [-0.2, -0.15) is 10.1 Å². The average molecular weight is 367 g/mol. The molecule has 0 fully saturated rings. The van der Waals surface area contributed by atoms with E-state index >= 15 is 0 Å². The van der Waals surface area contributed by atoms with E-state index in [2.05, 4.69) is 15.2 Å². The molecule has 0 saturated heterocycles. The average Bonchev–Trinajstić information content (AvgIpc) is 3.39. The molecular weight excluding hydrogens is 346 g/mol. The summed E-state index contributed by atoms with van der Waals surface area (Å²) in [5.74, 6) is 0.996. The van der Waals surface area contributed by atoms with E-state index in [9.17, 15) is 4.79 Å². The lowest BCUT2D eigenvalue weighted by molar-refractivity contribution is -0.137. The number of aryl methyl sites for hydroxylation is 2. The standard InChI is InChI=1S/C19H21N5O3/c1-3-16-20-19(27-22-16)18-14-9-24(10-15(14)23(2)21-18)17(25)12-26-11-13-7-5-4-6-8-13/h4-8H,3,9-12H2,1-2H3. The number of aromatic nitrogens is 4. The van der Waals surface area contributed by atoms with Crippen LogP contribution in [0.3, 0.4) is 0 Å². The van der Waals surface area contributed by atoms with Crippen LogP contribution in [0.1, 0.15) is 29.6 Å². The van der Waals surface area contributed by atoms with Crippen LogP contribution in [0, 0.1) is 0 Å². The summed E-state index contributed by atoms with van der Waals surface area (Å²) in [6.07, 6.45) is 0.696. The largest absolute Gasteiger partial charge is 0.367 e. The minimum Gasteiger partial charge on any atom is -0.367 e. The molecule has 0 aliphatic carbocycles. The van der Waals surface area contributed by atoms with Crippen LogP contribution in [0.15, 0.2) is 34.9 Å². The smallest absolute Gasteiger partial charge is 0.278 e.